The molecule has 1 aromatic heterocycles. The molecular formula is C14H16FN3O. The lowest BCUT2D eigenvalue weighted by molar-refractivity contribution is 0.320. The Balaban J connectivity index is 1.85. The maximum Gasteiger partial charge on any atom is 0.230 e. The van der Waals surface area contributed by atoms with Crippen LogP contribution >= 0.6 is 0 Å². The molecule has 1 aliphatic rings. The maximum absolute atomic E-state index is 13.5. The molecule has 19 heavy (non-hydrogen) atoms. The molecule has 100 valence electrons. The predicted octanol–water partition coefficient (Wildman–Crippen LogP) is 2.65. The van der Waals surface area contributed by atoms with E-state index in [0.29, 0.717) is 28.8 Å². The molecule has 1 aromatic carbocycles. The van der Waals surface area contributed by atoms with E-state index in [1.54, 1.807) is 13.0 Å². The highest BCUT2D eigenvalue weighted by Crippen LogP contribution is 2.26. The molecule has 0 amide bonds. The molecule has 5 heteroatoms. The van der Waals surface area contributed by atoms with Crippen molar-refractivity contribution in [3.05, 3.63) is 35.5 Å². The summed E-state index contributed by atoms with van der Waals surface area (Å²) in [4.78, 5) is 4.40. The Morgan fingerprint density at radius 1 is 1.32 bits per heavy atom. The largest absolute Gasteiger partial charge is 0.339 e. The van der Waals surface area contributed by atoms with Gasteiger partial charge in [-0.2, -0.15) is 4.98 Å². The van der Waals surface area contributed by atoms with Gasteiger partial charge >= 0.3 is 0 Å². The first kappa shape index (κ1) is 12.3. The number of rotatable bonds is 2. The summed E-state index contributed by atoms with van der Waals surface area (Å²) >= 11 is 0. The highest BCUT2D eigenvalue weighted by Gasteiger charge is 2.21. The highest BCUT2D eigenvalue weighted by atomic mass is 19.1. The molecular weight excluding hydrogens is 245 g/mol. The minimum Gasteiger partial charge on any atom is -0.339 e. The first-order chi connectivity index (χ1) is 9.24. The summed E-state index contributed by atoms with van der Waals surface area (Å²) in [5.74, 6) is 1.20. The van der Waals surface area contributed by atoms with Crippen molar-refractivity contribution in [1.29, 1.82) is 0 Å². The minimum absolute atomic E-state index is 0.245. The van der Waals surface area contributed by atoms with Crippen LogP contribution in [-0.2, 0) is 0 Å². The van der Waals surface area contributed by atoms with Crippen molar-refractivity contribution in [2.45, 2.75) is 25.7 Å². The summed E-state index contributed by atoms with van der Waals surface area (Å²) in [6.45, 7) is 3.68. The summed E-state index contributed by atoms with van der Waals surface area (Å²) in [5.41, 5.74) is 1.28. The zero-order valence-electron chi connectivity index (χ0n) is 10.8. The third kappa shape index (κ3) is 2.51. The van der Waals surface area contributed by atoms with Crippen LogP contribution in [0.5, 0.6) is 0 Å². The fourth-order valence-electron chi connectivity index (χ4n) is 2.32. The molecule has 0 unspecified atom stereocenters. The zero-order chi connectivity index (χ0) is 13.2. The van der Waals surface area contributed by atoms with Gasteiger partial charge < -0.3 is 9.84 Å². The van der Waals surface area contributed by atoms with E-state index in [2.05, 4.69) is 15.5 Å². The number of benzene rings is 1. The Kier molecular flexibility index (Phi) is 3.29. The maximum atomic E-state index is 13.5. The summed E-state index contributed by atoms with van der Waals surface area (Å²) < 4.78 is 18.8. The fourth-order valence-corrected chi connectivity index (χ4v) is 2.32. The molecule has 0 radical (unpaired) electrons. The number of aromatic nitrogens is 2. The molecule has 1 aliphatic heterocycles. The van der Waals surface area contributed by atoms with E-state index in [4.69, 9.17) is 4.52 Å². The molecule has 1 saturated heterocycles. The van der Waals surface area contributed by atoms with Crippen LogP contribution in [-0.4, -0.2) is 23.2 Å². The predicted molar refractivity (Wildman–Crippen MR) is 69.3 cm³/mol. The number of halogens is 1. The van der Waals surface area contributed by atoms with E-state index in [-0.39, 0.29) is 5.82 Å². The van der Waals surface area contributed by atoms with Crippen LogP contribution < -0.4 is 5.32 Å². The Hall–Kier alpha value is -1.75. The lowest BCUT2D eigenvalue weighted by atomic mass is 9.98. The van der Waals surface area contributed by atoms with Gasteiger partial charge in [-0.05, 0) is 44.5 Å². The first-order valence-corrected chi connectivity index (χ1v) is 6.55. The van der Waals surface area contributed by atoms with Gasteiger partial charge in [0.15, 0.2) is 0 Å². The summed E-state index contributed by atoms with van der Waals surface area (Å²) in [6, 6.07) is 4.99. The van der Waals surface area contributed by atoms with Crippen LogP contribution in [0.1, 0.15) is 30.2 Å². The summed E-state index contributed by atoms with van der Waals surface area (Å²) in [7, 11) is 0. The molecule has 1 N–H and O–H groups in total. The molecule has 2 aromatic rings. The molecule has 4 nitrogen and oxygen atoms in total. The van der Waals surface area contributed by atoms with E-state index in [1.165, 1.54) is 6.07 Å². The first-order valence-electron chi connectivity index (χ1n) is 6.55. The van der Waals surface area contributed by atoms with E-state index in [9.17, 15) is 4.39 Å². The molecule has 0 saturated carbocycles. The van der Waals surface area contributed by atoms with Crippen LogP contribution in [0.2, 0.25) is 0 Å². The van der Waals surface area contributed by atoms with Crippen molar-refractivity contribution < 1.29 is 8.91 Å². The van der Waals surface area contributed by atoms with Crippen LogP contribution in [0.25, 0.3) is 11.4 Å². The van der Waals surface area contributed by atoms with Gasteiger partial charge in [-0.15, -0.1) is 0 Å². The highest BCUT2D eigenvalue weighted by molar-refractivity contribution is 5.55. The van der Waals surface area contributed by atoms with Crippen LogP contribution in [0, 0.1) is 12.7 Å². The van der Waals surface area contributed by atoms with Crippen molar-refractivity contribution in [1.82, 2.24) is 15.5 Å². The lowest BCUT2D eigenvalue weighted by Crippen LogP contribution is -2.26. The quantitative estimate of drug-likeness (QED) is 0.903. The number of hydrogen-bond donors (Lipinski definition) is 1. The van der Waals surface area contributed by atoms with Crippen LogP contribution in [0.15, 0.2) is 22.7 Å². The third-order valence-corrected chi connectivity index (χ3v) is 3.56. The monoisotopic (exact) mass is 261 g/mol. The smallest absolute Gasteiger partial charge is 0.230 e. The summed E-state index contributed by atoms with van der Waals surface area (Å²) in [5, 5.41) is 7.26. The Morgan fingerprint density at radius 2 is 2.11 bits per heavy atom. The van der Waals surface area contributed by atoms with E-state index >= 15 is 0 Å². The number of hydrogen-bond acceptors (Lipinski definition) is 4. The van der Waals surface area contributed by atoms with Crippen LogP contribution in [0.4, 0.5) is 4.39 Å². The fraction of sp³-hybridized carbons (Fsp3) is 0.429. The Morgan fingerprint density at radius 3 is 2.84 bits per heavy atom. The minimum atomic E-state index is -0.245. The molecule has 0 bridgehead atoms. The average Bonchev–Trinajstić information content (AvgIpc) is 2.93. The Labute approximate surface area is 111 Å². The molecule has 3 rings (SSSR count). The second-order valence-electron chi connectivity index (χ2n) is 4.94. The SMILES string of the molecule is Cc1ccc(-c2noc(C3CCNCC3)n2)cc1F. The van der Waals surface area contributed by atoms with Gasteiger partial charge in [0, 0.05) is 11.5 Å². The van der Waals surface area contributed by atoms with Gasteiger partial charge in [-0.3, -0.25) is 0 Å². The van der Waals surface area contributed by atoms with Crippen LogP contribution in [0.3, 0.4) is 0 Å². The molecule has 0 aliphatic carbocycles. The lowest BCUT2D eigenvalue weighted by Gasteiger charge is -2.18. The van der Waals surface area contributed by atoms with Gasteiger partial charge in [0.05, 0.1) is 0 Å². The van der Waals surface area contributed by atoms with Crippen molar-refractivity contribution in [2.75, 3.05) is 13.1 Å². The van der Waals surface area contributed by atoms with Gasteiger partial charge in [-0.25, -0.2) is 4.39 Å². The second-order valence-corrected chi connectivity index (χ2v) is 4.94. The van der Waals surface area contributed by atoms with E-state index < -0.39 is 0 Å². The number of nitrogens with zero attached hydrogens (tertiary/aromatic N) is 2. The second kappa shape index (κ2) is 5.09. The number of aryl methyl sites for hydroxylation is 1. The standard InChI is InChI=1S/C14H16FN3O/c1-9-2-3-11(8-12(9)15)13-17-14(19-18-13)10-4-6-16-7-5-10/h2-3,8,10,16H,4-7H2,1H3. The third-order valence-electron chi connectivity index (χ3n) is 3.56. The van der Waals surface area contributed by atoms with Gasteiger partial charge in [0.1, 0.15) is 5.82 Å². The molecule has 1 fully saturated rings. The van der Waals surface area contributed by atoms with Crippen molar-refractivity contribution in [3.63, 3.8) is 0 Å². The van der Waals surface area contributed by atoms with E-state index in [1.807, 2.05) is 6.07 Å². The van der Waals surface area contributed by atoms with E-state index in [0.717, 1.165) is 25.9 Å². The summed E-state index contributed by atoms with van der Waals surface area (Å²) in [6.07, 6.45) is 2.01. The molecule has 0 atom stereocenters. The van der Waals surface area contributed by atoms with Gasteiger partial charge in [0.25, 0.3) is 0 Å². The number of nitrogens with one attached hydrogen (secondary N) is 1. The van der Waals surface area contributed by atoms with Crippen molar-refractivity contribution >= 4 is 0 Å². The van der Waals surface area contributed by atoms with Gasteiger partial charge in [-0.1, -0.05) is 17.3 Å². The average molecular weight is 261 g/mol. The van der Waals surface area contributed by atoms with Crippen molar-refractivity contribution in [2.24, 2.45) is 0 Å². The molecule has 2 heterocycles. The topological polar surface area (TPSA) is 51.0 Å². The number of piperidine rings is 1. The van der Waals surface area contributed by atoms with Gasteiger partial charge in [0.2, 0.25) is 11.7 Å². The normalized spacial score (nSPS) is 16.7. The Bertz CT molecular complexity index is 576. The zero-order valence-corrected chi connectivity index (χ0v) is 10.8. The molecule has 0 spiro atoms. The van der Waals surface area contributed by atoms with Crippen molar-refractivity contribution in [3.8, 4) is 11.4 Å².